The molecule has 0 radical (unpaired) electrons. The predicted molar refractivity (Wildman–Crippen MR) is 78.6 cm³/mol. The predicted octanol–water partition coefficient (Wildman–Crippen LogP) is 0.671. The van der Waals surface area contributed by atoms with Gasteiger partial charge in [0, 0.05) is 5.69 Å². The molecule has 6 nitrogen and oxygen atoms in total. The number of piperazine rings is 1. The SMILES string of the molecule is Cc1ccccc1NC(=O)CN1C(=O)CNC(C)(C)C1=O. The largest absolute Gasteiger partial charge is 0.324 e. The normalized spacial score (nSPS) is 17.8. The van der Waals surface area contributed by atoms with E-state index in [1.165, 1.54) is 0 Å². The Labute approximate surface area is 123 Å². The van der Waals surface area contributed by atoms with Crippen molar-refractivity contribution in [2.24, 2.45) is 0 Å². The number of anilines is 1. The summed E-state index contributed by atoms with van der Waals surface area (Å²) in [5, 5.41) is 5.57. The minimum absolute atomic E-state index is 0.0520. The minimum Gasteiger partial charge on any atom is -0.324 e. The van der Waals surface area contributed by atoms with Crippen LogP contribution in [0, 0.1) is 6.92 Å². The van der Waals surface area contributed by atoms with E-state index in [9.17, 15) is 14.4 Å². The van der Waals surface area contributed by atoms with E-state index in [0.717, 1.165) is 10.5 Å². The summed E-state index contributed by atoms with van der Waals surface area (Å²) in [6.07, 6.45) is 0. The lowest BCUT2D eigenvalue weighted by atomic mass is 10.0. The number of benzene rings is 1. The number of imide groups is 1. The Balaban J connectivity index is 2.06. The summed E-state index contributed by atoms with van der Waals surface area (Å²) >= 11 is 0. The van der Waals surface area contributed by atoms with E-state index in [0.29, 0.717) is 5.69 Å². The number of hydrogen-bond donors (Lipinski definition) is 2. The number of aryl methyl sites for hydroxylation is 1. The molecule has 1 fully saturated rings. The number of nitrogens with one attached hydrogen (secondary N) is 2. The van der Waals surface area contributed by atoms with E-state index in [4.69, 9.17) is 0 Å². The number of amides is 3. The average Bonchev–Trinajstić information content (AvgIpc) is 2.42. The maximum absolute atomic E-state index is 12.2. The second-order valence-corrected chi connectivity index (χ2v) is 5.63. The highest BCUT2D eigenvalue weighted by Crippen LogP contribution is 2.15. The molecular formula is C15H19N3O3. The van der Waals surface area contributed by atoms with Crippen LogP contribution in [0.15, 0.2) is 24.3 Å². The maximum Gasteiger partial charge on any atom is 0.249 e. The van der Waals surface area contributed by atoms with Gasteiger partial charge in [-0.15, -0.1) is 0 Å². The van der Waals surface area contributed by atoms with Gasteiger partial charge in [0.15, 0.2) is 0 Å². The van der Waals surface area contributed by atoms with Crippen LogP contribution in [0.5, 0.6) is 0 Å². The molecule has 0 aromatic heterocycles. The number of nitrogens with zero attached hydrogens (tertiary/aromatic N) is 1. The molecule has 0 aliphatic carbocycles. The van der Waals surface area contributed by atoms with Crippen molar-refractivity contribution >= 4 is 23.4 Å². The van der Waals surface area contributed by atoms with Gasteiger partial charge in [0.1, 0.15) is 6.54 Å². The molecule has 0 spiro atoms. The highest BCUT2D eigenvalue weighted by Gasteiger charge is 2.40. The third-order valence-electron chi connectivity index (χ3n) is 3.48. The van der Waals surface area contributed by atoms with Crippen molar-refractivity contribution in [1.29, 1.82) is 0 Å². The van der Waals surface area contributed by atoms with Crippen molar-refractivity contribution in [2.45, 2.75) is 26.3 Å². The topological polar surface area (TPSA) is 78.5 Å². The van der Waals surface area contributed by atoms with Crippen molar-refractivity contribution in [3.8, 4) is 0 Å². The summed E-state index contributed by atoms with van der Waals surface area (Å²) in [7, 11) is 0. The Morgan fingerprint density at radius 2 is 2.00 bits per heavy atom. The first kappa shape index (κ1) is 15.2. The van der Waals surface area contributed by atoms with Crippen molar-refractivity contribution < 1.29 is 14.4 Å². The van der Waals surface area contributed by atoms with Crippen LogP contribution in [0.3, 0.4) is 0 Å². The van der Waals surface area contributed by atoms with Crippen LogP contribution in [0.4, 0.5) is 5.69 Å². The van der Waals surface area contributed by atoms with Crippen LogP contribution in [-0.4, -0.2) is 41.2 Å². The van der Waals surface area contributed by atoms with Crippen molar-refractivity contribution in [2.75, 3.05) is 18.4 Å². The number of rotatable bonds is 3. The number of para-hydroxylation sites is 1. The lowest BCUT2D eigenvalue weighted by Gasteiger charge is -2.36. The first-order chi connectivity index (χ1) is 9.81. The molecule has 21 heavy (non-hydrogen) atoms. The van der Waals surface area contributed by atoms with Crippen molar-refractivity contribution in [1.82, 2.24) is 10.2 Å². The van der Waals surface area contributed by atoms with Gasteiger partial charge in [-0.2, -0.15) is 0 Å². The Hall–Kier alpha value is -2.21. The lowest BCUT2D eigenvalue weighted by molar-refractivity contribution is -0.154. The number of hydrogen-bond acceptors (Lipinski definition) is 4. The quantitative estimate of drug-likeness (QED) is 0.802. The monoisotopic (exact) mass is 289 g/mol. The van der Waals surface area contributed by atoms with Gasteiger partial charge in [-0.1, -0.05) is 18.2 Å². The molecule has 112 valence electrons. The Bertz CT molecular complexity index is 596. The molecule has 1 heterocycles. The Kier molecular flexibility index (Phi) is 4.09. The molecule has 3 amide bonds. The second kappa shape index (κ2) is 5.65. The first-order valence-corrected chi connectivity index (χ1v) is 6.76. The third-order valence-corrected chi connectivity index (χ3v) is 3.48. The zero-order valence-electron chi connectivity index (χ0n) is 12.4. The van der Waals surface area contributed by atoms with E-state index in [-0.39, 0.29) is 24.9 Å². The maximum atomic E-state index is 12.2. The van der Waals surface area contributed by atoms with Gasteiger partial charge in [0.2, 0.25) is 17.7 Å². The van der Waals surface area contributed by atoms with E-state index >= 15 is 0 Å². The molecule has 0 atom stereocenters. The summed E-state index contributed by atoms with van der Waals surface area (Å²) in [6.45, 7) is 5.04. The van der Waals surface area contributed by atoms with Gasteiger partial charge in [0.05, 0.1) is 12.1 Å². The Morgan fingerprint density at radius 1 is 1.33 bits per heavy atom. The fraction of sp³-hybridized carbons (Fsp3) is 0.400. The van der Waals surface area contributed by atoms with Crippen LogP contribution in [0.1, 0.15) is 19.4 Å². The zero-order valence-corrected chi connectivity index (χ0v) is 12.4. The number of carbonyl (C=O) groups is 3. The molecule has 2 N–H and O–H groups in total. The van der Waals surface area contributed by atoms with Gasteiger partial charge in [-0.05, 0) is 32.4 Å². The molecule has 1 aromatic carbocycles. The van der Waals surface area contributed by atoms with Gasteiger partial charge >= 0.3 is 0 Å². The van der Waals surface area contributed by atoms with Gasteiger partial charge < -0.3 is 5.32 Å². The summed E-state index contributed by atoms with van der Waals surface area (Å²) in [5.41, 5.74) is 0.762. The second-order valence-electron chi connectivity index (χ2n) is 5.63. The smallest absolute Gasteiger partial charge is 0.249 e. The van der Waals surface area contributed by atoms with Gasteiger partial charge in [-0.25, -0.2) is 0 Å². The van der Waals surface area contributed by atoms with Crippen LogP contribution in [-0.2, 0) is 14.4 Å². The van der Waals surface area contributed by atoms with Crippen molar-refractivity contribution in [3.05, 3.63) is 29.8 Å². The first-order valence-electron chi connectivity index (χ1n) is 6.76. The molecular weight excluding hydrogens is 270 g/mol. The van der Waals surface area contributed by atoms with Gasteiger partial charge in [0.25, 0.3) is 0 Å². The molecule has 2 rings (SSSR count). The fourth-order valence-corrected chi connectivity index (χ4v) is 2.12. The number of carbonyl (C=O) groups excluding carboxylic acids is 3. The molecule has 1 saturated heterocycles. The fourth-order valence-electron chi connectivity index (χ4n) is 2.12. The average molecular weight is 289 g/mol. The minimum atomic E-state index is -0.836. The van der Waals surface area contributed by atoms with E-state index in [1.807, 2.05) is 25.1 Å². The molecule has 6 heteroatoms. The van der Waals surface area contributed by atoms with E-state index < -0.39 is 11.4 Å². The molecule has 0 unspecified atom stereocenters. The standard InChI is InChI=1S/C15H19N3O3/c1-10-6-4-5-7-11(10)17-12(19)9-18-13(20)8-16-15(2,3)14(18)21/h4-7,16H,8-9H2,1-3H3,(H,17,19). The van der Waals surface area contributed by atoms with E-state index in [2.05, 4.69) is 10.6 Å². The van der Waals surface area contributed by atoms with Crippen LogP contribution in [0.25, 0.3) is 0 Å². The zero-order chi connectivity index (χ0) is 15.6. The Morgan fingerprint density at radius 3 is 2.67 bits per heavy atom. The lowest BCUT2D eigenvalue weighted by Crippen LogP contribution is -2.64. The summed E-state index contributed by atoms with van der Waals surface area (Å²) < 4.78 is 0. The van der Waals surface area contributed by atoms with E-state index in [1.54, 1.807) is 19.9 Å². The summed E-state index contributed by atoms with van der Waals surface area (Å²) in [6, 6.07) is 7.34. The molecule has 1 aromatic rings. The third kappa shape index (κ3) is 3.28. The molecule has 0 saturated carbocycles. The highest BCUT2D eigenvalue weighted by atomic mass is 16.2. The molecule has 1 aliphatic rings. The van der Waals surface area contributed by atoms with Gasteiger partial charge in [-0.3, -0.25) is 24.6 Å². The highest BCUT2D eigenvalue weighted by molar-refractivity contribution is 6.07. The van der Waals surface area contributed by atoms with Crippen LogP contribution < -0.4 is 10.6 Å². The van der Waals surface area contributed by atoms with Crippen LogP contribution in [0.2, 0.25) is 0 Å². The summed E-state index contributed by atoms with van der Waals surface area (Å²) in [4.78, 5) is 37.0. The molecule has 0 bridgehead atoms. The van der Waals surface area contributed by atoms with Crippen molar-refractivity contribution in [3.63, 3.8) is 0 Å². The van der Waals surface area contributed by atoms with Crippen LogP contribution >= 0.6 is 0 Å². The molecule has 1 aliphatic heterocycles. The summed E-state index contributed by atoms with van der Waals surface area (Å²) in [5.74, 6) is -1.17.